The molecule has 106 valence electrons. The number of nitriles is 1. The van der Waals surface area contributed by atoms with Gasteiger partial charge < -0.3 is 4.57 Å². The molecule has 0 atom stereocenters. The van der Waals surface area contributed by atoms with Gasteiger partial charge in [0.2, 0.25) is 0 Å². The van der Waals surface area contributed by atoms with Crippen molar-refractivity contribution in [2.45, 2.75) is 24.9 Å². The Balaban J connectivity index is 1.97. The van der Waals surface area contributed by atoms with Crippen molar-refractivity contribution < 1.29 is 0 Å². The third-order valence-electron chi connectivity index (χ3n) is 3.57. The lowest BCUT2D eigenvalue weighted by Crippen LogP contribution is -2.44. The normalized spacial score (nSPS) is 15.4. The third-order valence-corrected chi connectivity index (χ3v) is 4.04. The molecule has 0 saturated heterocycles. The van der Waals surface area contributed by atoms with E-state index < -0.39 is 16.7 Å². The first kappa shape index (κ1) is 13.8. The summed E-state index contributed by atoms with van der Waals surface area (Å²) in [6, 6.07) is 5.71. The molecule has 0 amide bonds. The zero-order chi connectivity index (χ0) is 15.0. The van der Waals surface area contributed by atoms with Gasteiger partial charge in [-0.25, -0.2) is 0 Å². The Bertz CT molecular complexity index is 841. The molecule has 0 unspecified atom stereocenters. The number of hydrogen-bond acceptors (Lipinski definition) is 4. The minimum atomic E-state index is -0.814. The van der Waals surface area contributed by atoms with Crippen molar-refractivity contribution in [3.63, 3.8) is 0 Å². The first-order valence-electron chi connectivity index (χ1n) is 6.40. The smallest absolute Gasteiger partial charge is 0.303 e. The highest BCUT2D eigenvalue weighted by atomic mass is 79.9. The molecular weight excluding hydrogens is 336 g/mol. The molecule has 7 heteroatoms. The fourth-order valence-electron chi connectivity index (χ4n) is 2.17. The van der Waals surface area contributed by atoms with Gasteiger partial charge in [-0.15, -0.1) is 0 Å². The summed E-state index contributed by atoms with van der Waals surface area (Å²) >= 11 is 3.29. The van der Waals surface area contributed by atoms with Crippen molar-refractivity contribution in [1.82, 2.24) is 14.1 Å². The Hall–Kier alpha value is -2.20. The minimum Gasteiger partial charge on any atom is -0.303 e. The van der Waals surface area contributed by atoms with Crippen LogP contribution in [0.5, 0.6) is 0 Å². The topological polar surface area (TPSA) is 80.7 Å². The zero-order valence-electron chi connectivity index (χ0n) is 11.0. The molecule has 1 fully saturated rings. The van der Waals surface area contributed by atoms with Crippen molar-refractivity contribution in [3.8, 4) is 6.07 Å². The Morgan fingerprint density at radius 1 is 1.29 bits per heavy atom. The van der Waals surface area contributed by atoms with E-state index in [2.05, 4.69) is 27.0 Å². The van der Waals surface area contributed by atoms with Crippen molar-refractivity contribution in [1.29, 1.82) is 5.26 Å². The lowest BCUT2D eigenvalue weighted by atomic mass is 10.3. The molecule has 1 aliphatic carbocycles. The summed E-state index contributed by atoms with van der Waals surface area (Å²) in [6.07, 6.45) is 5.91. The van der Waals surface area contributed by atoms with Gasteiger partial charge in [-0.1, -0.05) is 0 Å². The first-order chi connectivity index (χ1) is 10.1. The Morgan fingerprint density at radius 3 is 2.62 bits per heavy atom. The molecule has 3 rings (SSSR count). The van der Waals surface area contributed by atoms with Gasteiger partial charge in [0.25, 0.3) is 0 Å². The highest BCUT2D eigenvalue weighted by Crippen LogP contribution is 2.41. The van der Waals surface area contributed by atoms with Crippen molar-refractivity contribution in [3.05, 3.63) is 61.6 Å². The number of hydrogen-bond donors (Lipinski definition) is 0. The third kappa shape index (κ3) is 2.43. The maximum absolute atomic E-state index is 12.1. The van der Waals surface area contributed by atoms with E-state index in [1.54, 1.807) is 12.3 Å². The highest BCUT2D eigenvalue weighted by Gasteiger charge is 2.46. The van der Waals surface area contributed by atoms with Crippen LogP contribution in [0, 0.1) is 11.3 Å². The number of aromatic nitrogens is 3. The molecule has 21 heavy (non-hydrogen) atoms. The van der Waals surface area contributed by atoms with E-state index >= 15 is 0 Å². The van der Waals surface area contributed by atoms with Crippen LogP contribution >= 0.6 is 15.9 Å². The molecule has 2 aromatic heterocycles. The van der Waals surface area contributed by atoms with Crippen LogP contribution < -0.4 is 11.1 Å². The summed E-state index contributed by atoms with van der Waals surface area (Å²) in [7, 11) is 0. The van der Waals surface area contributed by atoms with Gasteiger partial charge in [0.1, 0.15) is 5.54 Å². The van der Waals surface area contributed by atoms with Crippen LogP contribution in [0.4, 0.5) is 0 Å². The van der Waals surface area contributed by atoms with Crippen LogP contribution in [0.25, 0.3) is 0 Å². The average molecular weight is 347 g/mol. The average Bonchev–Trinajstić information content (AvgIpc) is 3.27. The van der Waals surface area contributed by atoms with Gasteiger partial charge in [0, 0.05) is 23.1 Å². The Morgan fingerprint density at radius 2 is 2.05 bits per heavy atom. The van der Waals surface area contributed by atoms with E-state index in [0.29, 0.717) is 18.5 Å². The van der Waals surface area contributed by atoms with E-state index in [4.69, 9.17) is 5.26 Å². The van der Waals surface area contributed by atoms with Crippen LogP contribution in [0.2, 0.25) is 0 Å². The zero-order valence-corrected chi connectivity index (χ0v) is 12.6. The highest BCUT2D eigenvalue weighted by molar-refractivity contribution is 9.10. The van der Waals surface area contributed by atoms with E-state index in [9.17, 15) is 9.59 Å². The van der Waals surface area contributed by atoms with Gasteiger partial charge in [0.15, 0.2) is 0 Å². The van der Waals surface area contributed by atoms with Gasteiger partial charge in [-0.3, -0.25) is 19.1 Å². The molecule has 0 bridgehead atoms. The Kier molecular flexibility index (Phi) is 3.26. The maximum atomic E-state index is 12.1. The first-order valence-corrected chi connectivity index (χ1v) is 7.19. The second-order valence-corrected chi connectivity index (χ2v) is 5.93. The fourth-order valence-corrected chi connectivity index (χ4v) is 2.40. The summed E-state index contributed by atoms with van der Waals surface area (Å²) in [4.78, 5) is 28.4. The number of pyridine rings is 1. The molecule has 0 N–H and O–H groups in total. The van der Waals surface area contributed by atoms with Crippen LogP contribution in [0.1, 0.15) is 18.5 Å². The Labute approximate surface area is 128 Å². The van der Waals surface area contributed by atoms with Crippen LogP contribution in [-0.4, -0.2) is 14.1 Å². The molecule has 2 aromatic rings. The predicted molar refractivity (Wildman–Crippen MR) is 78.8 cm³/mol. The van der Waals surface area contributed by atoms with Gasteiger partial charge in [-0.05, 0) is 40.9 Å². The molecule has 0 radical (unpaired) electrons. The van der Waals surface area contributed by atoms with Crippen LogP contribution in [-0.2, 0) is 12.1 Å². The molecule has 6 nitrogen and oxygen atoms in total. The summed E-state index contributed by atoms with van der Waals surface area (Å²) in [5, 5.41) is 9.12. The second-order valence-electron chi connectivity index (χ2n) is 5.02. The van der Waals surface area contributed by atoms with Gasteiger partial charge in [-0.2, -0.15) is 5.26 Å². The number of rotatable bonds is 3. The molecular formula is C14H11BrN4O2. The van der Waals surface area contributed by atoms with E-state index in [0.717, 1.165) is 4.47 Å². The van der Waals surface area contributed by atoms with Gasteiger partial charge >= 0.3 is 11.1 Å². The molecule has 2 heterocycles. The molecule has 1 aliphatic rings. The van der Waals surface area contributed by atoms with Crippen molar-refractivity contribution in [2.24, 2.45) is 0 Å². The standard InChI is InChI=1S/C14H11BrN4O2/c15-10-1-2-11(17-7-10)8-18-5-6-19(13(21)12(18)20)14(9-16)3-4-14/h1-2,5-7H,3-4,8H2. The minimum absolute atomic E-state index is 0.224. The monoisotopic (exact) mass is 346 g/mol. The quantitative estimate of drug-likeness (QED) is 0.782. The van der Waals surface area contributed by atoms with E-state index in [-0.39, 0.29) is 6.54 Å². The fraction of sp³-hybridized carbons (Fsp3) is 0.286. The number of halogens is 1. The molecule has 1 saturated carbocycles. The van der Waals surface area contributed by atoms with Crippen molar-refractivity contribution in [2.75, 3.05) is 0 Å². The SMILES string of the molecule is N#CC1(n2ccn(Cc3ccc(Br)cn3)c(=O)c2=O)CC1. The second kappa shape index (κ2) is 4.97. The maximum Gasteiger partial charge on any atom is 0.317 e. The summed E-state index contributed by atoms with van der Waals surface area (Å²) in [5.41, 5.74) is -1.43. The molecule has 0 aliphatic heterocycles. The van der Waals surface area contributed by atoms with Crippen LogP contribution in [0.3, 0.4) is 0 Å². The summed E-state index contributed by atoms with van der Waals surface area (Å²) in [6.45, 7) is 0.224. The van der Waals surface area contributed by atoms with Crippen molar-refractivity contribution >= 4 is 15.9 Å². The predicted octanol–water partition coefficient (Wildman–Crippen LogP) is 1.23. The molecule has 0 aromatic carbocycles. The van der Waals surface area contributed by atoms with E-state index in [1.165, 1.54) is 21.5 Å². The summed E-state index contributed by atoms with van der Waals surface area (Å²) < 4.78 is 3.40. The lowest BCUT2D eigenvalue weighted by Gasteiger charge is -2.11. The summed E-state index contributed by atoms with van der Waals surface area (Å²) in [5.74, 6) is 0. The lowest BCUT2D eigenvalue weighted by molar-refractivity contribution is 0.555. The van der Waals surface area contributed by atoms with E-state index in [1.807, 2.05) is 6.07 Å². The number of nitrogens with zero attached hydrogens (tertiary/aromatic N) is 4. The van der Waals surface area contributed by atoms with Crippen LogP contribution in [0.15, 0.2) is 44.8 Å². The largest absolute Gasteiger partial charge is 0.317 e. The molecule has 0 spiro atoms. The van der Waals surface area contributed by atoms with Gasteiger partial charge in [0.05, 0.1) is 18.3 Å².